The minimum Gasteiger partial charge on any atom is -0.326 e. The van der Waals surface area contributed by atoms with E-state index in [0.29, 0.717) is 5.69 Å². The average Bonchev–Trinajstić information content (AvgIpc) is 2.66. The fourth-order valence-corrected chi connectivity index (χ4v) is 3.78. The normalized spacial score (nSPS) is 11.7. The van der Waals surface area contributed by atoms with Crippen LogP contribution in [0.1, 0.15) is 31.9 Å². The van der Waals surface area contributed by atoms with E-state index in [0.717, 1.165) is 32.8 Å². The molecular formula is C25H24N2O2. The summed E-state index contributed by atoms with van der Waals surface area (Å²) < 4.78 is 0. The van der Waals surface area contributed by atoms with Crippen LogP contribution in [0, 0.1) is 0 Å². The van der Waals surface area contributed by atoms with Crippen LogP contribution in [0.3, 0.4) is 0 Å². The molecule has 0 aliphatic heterocycles. The van der Waals surface area contributed by atoms with E-state index in [1.165, 1.54) is 0 Å². The second kappa shape index (κ2) is 7.21. The van der Waals surface area contributed by atoms with E-state index >= 15 is 0 Å². The third-order valence-corrected chi connectivity index (χ3v) is 5.17. The lowest BCUT2D eigenvalue weighted by Crippen LogP contribution is -2.18. The summed E-state index contributed by atoms with van der Waals surface area (Å²) in [4.78, 5) is 27.7. The summed E-state index contributed by atoms with van der Waals surface area (Å²) in [7, 11) is 0. The Morgan fingerprint density at radius 2 is 1.69 bits per heavy atom. The van der Waals surface area contributed by atoms with Crippen molar-refractivity contribution in [1.29, 1.82) is 0 Å². The summed E-state index contributed by atoms with van der Waals surface area (Å²) in [5.41, 5.74) is 3.09. The number of nitrogens with one attached hydrogen (secondary N) is 2. The van der Waals surface area contributed by atoms with Gasteiger partial charge in [0.2, 0.25) is 11.5 Å². The summed E-state index contributed by atoms with van der Waals surface area (Å²) in [6, 6.07) is 21.4. The number of pyridine rings is 1. The Labute approximate surface area is 169 Å². The lowest BCUT2D eigenvalue weighted by atomic mass is 9.85. The van der Waals surface area contributed by atoms with Crippen LogP contribution in [0.15, 0.2) is 71.5 Å². The standard InChI is InChI=1S/C25H24N2O2/c1-25(2,3)21-15-24(29)27-22-14-18(11-12-20(21)22)26-23(28)13-17-9-6-8-16-7-4-5-10-19(16)17/h4-12,14-15H,13H2,1-3H3,(H,26,28)(H,27,29). The molecule has 4 aromatic rings. The van der Waals surface area contributed by atoms with Crippen LogP contribution >= 0.6 is 0 Å². The maximum Gasteiger partial charge on any atom is 0.248 e. The molecule has 0 saturated heterocycles. The number of carbonyl (C=O) groups is 1. The molecule has 0 atom stereocenters. The number of rotatable bonds is 3. The van der Waals surface area contributed by atoms with Crippen LogP contribution in [-0.2, 0) is 16.6 Å². The monoisotopic (exact) mass is 384 g/mol. The Morgan fingerprint density at radius 1 is 0.931 bits per heavy atom. The predicted molar refractivity (Wildman–Crippen MR) is 120 cm³/mol. The van der Waals surface area contributed by atoms with Crippen LogP contribution in [0.4, 0.5) is 5.69 Å². The number of benzene rings is 3. The summed E-state index contributed by atoms with van der Waals surface area (Å²) in [5, 5.41) is 6.16. The molecule has 0 spiro atoms. The number of hydrogen-bond acceptors (Lipinski definition) is 2. The topological polar surface area (TPSA) is 62.0 Å². The van der Waals surface area contributed by atoms with Gasteiger partial charge in [-0.1, -0.05) is 69.3 Å². The Kier molecular flexibility index (Phi) is 4.71. The molecule has 0 radical (unpaired) electrons. The molecule has 2 N–H and O–H groups in total. The Hall–Kier alpha value is -3.40. The third kappa shape index (κ3) is 3.92. The Balaban J connectivity index is 1.62. The first-order valence-electron chi connectivity index (χ1n) is 9.75. The molecule has 4 nitrogen and oxygen atoms in total. The molecule has 4 rings (SSSR count). The highest BCUT2D eigenvalue weighted by Gasteiger charge is 2.18. The summed E-state index contributed by atoms with van der Waals surface area (Å²) in [6.07, 6.45) is 0.290. The smallest absolute Gasteiger partial charge is 0.248 e. The minimum absolute atomic E-state index is 0.0879. The van der Waals surface area contributed by atoms with Crippen molar-refractivity contribution < 1.29 is 4.79 Å². The van der Waals surface area contributed by atoms with E-state index in [-0.39, 0.29) is 23.3 Å². The van der Waals surface area contributed by atoms with Crippen molar-refractivity contribution in [3.05, 3.63) is 88.2 Å². The quantitative estimate of drug-likeness (QED) is 0.512. The van der Waals surface area contributed by atoms with Crippen molar-refractivity contribution in [3.63, 3.8) is 0 Å². The number of aromatic amines is 1. The van der Waals surface area contributed by atoms with E-state index < -0.39 is 0 Å². The fourth-order valence-electron chi connectivity index (χ4n) is 3.78. The lowest BCUT2D eigenvalue weighted by molar-refractivity contribution is -0.115. The van der Waals surface area contributed by atoms with Gasteiger partial charge in [0.15, 0.2) is 0 Å². The molecule has 3 aromatic carbocycles. The number of amides is 1. The van der Waals surface area contributed by atoms with Gasteiger partial charge in [0, 0.05) is 17.1 Å². The number of H-pyrrole nitrogens is 1. The van der Waals surface area contributed by atoms with Gasteiger partial charge in [-0.25, -0.2) is 0 Å². The van der Waals surface area contributed by atoms with E-state index in [2.05, 4.69) is 31.1 Å². The average molecular weight is 384 g/mol. The van der Waals surface area contributed by atoms with Crippen molar-refractivity contribution in [2.45, 2.75) is 32.6 Å². The van der Waals surface area contributed by atoms with E-state index in [9.17, 15) is 9.59 Å². The highest BCUT2D eigenvalue weighted by molar-refractivity contribution is 5.97. The second-order valence-electron chi connectivity index (χ2n) is 8.42. The van der Waals surface area contributed by atoms with Crippen LogP contribution < -0.4 is 10.9 Å². The van der Waals surface area contributed by atoms with Gasteiger partial charge in [0.25, 0.3) is 0 Å². The van der Waals surface area contributed by atoms with Gasteiger partial charge >= 0.3 is 0 Å². The van der Waals surface area contributed by atoms with Gasteiger partial charge in [-0.05, 0) is 39.4 Å². The Morgan fingerprint density at radius 3 is 2.48 bits per heavy atom. The molecule has 0 fully saturated rings. The Bertz CT molecular complexity index is 1270. The number of carbonyl (C=O) groups excluding carboxylic acids is 1. The van der Waals surface area contributed by atoms with Crippen molar-refractivity contribution in [2.24, 2.45) is 0 Å². The summed E-state index contributed by atoms with van der Waals surface area (Å²) >= 11 is 0. The van der Waals surface area contributed by atoms with Crippen LogP contribution in [0.2, 0.25) is 0 Å². The first kappa shape index (κ1) is 18.9. The second-order valence-corrected chi connectivity index (χ2v) is 8.42. The summed E-state index contributed by atoms with van der Waals surface area (Å²) in [6.45, 7) is 6.25. The maximum atomic E-state index is 12.7. The number of hydrogen-bond donors (Lipinski definition) is 2. The molecule has 146 valence electrons. The van der Waals surface area contributed by atoms with Crippen molar-refractivity contribution >= 4 is 33.3 Å². The zero-order chi connectivity index (χ0) is 20.6. The summed E-state index contributed by atoms with van der Waals surface area (Å²) in [5.74, 6) is -0.0879. The first-order chi connectivity index (χ1) is 13.8. The molecule has 1 aromatic heterocycles. The van der Waals surface area contributed by atoms with Crippen LogP contribution in [-0.4, -0.2) is 10.9 Å². The molecule has 0 saturated carbocycles. The van der Waals surface area contributed by atoms with Crippen molar-refractivity contribution in [2.75, 3.05) is 5.32 Å². The molecule has 1 heterocycles. The van der Waals surface area contributed by atoms with Crippen molar-refractivity contribution in [3.8, 4) is 0 Å². The van der Waals surface area contributed by atoms with Gasteiger partial charge in [-0.15, -0.1) is 0 Å². The van der Waals surface area contributed by atoms with E-state index in [1.807, 2.05) is 60.7 Å². The SMILES string of the molecule is CC(C)(C)c1cc(=O)[nH]c2cc(NC(=O)Cc3cccc4ccccc34)ccc12. The number of anilines is 1. The molecule has 29 heavy (non-hydrogen) atoms. The van der Waals surface area contributed by atoms with Gasteiger partial charge in [-0.2, -0.15) is 0 Å². The van der Waals surface area contributed by atoms with Gasteiger partial charge < -0.3 is 10.3 Å². The molecule has 0 unspecified atom stereocenters. The predicted octanol–water partition coefficient (Wildman–Crippen LogP) is 5.16. The van der Waals surface area contributed by atoms with Crippen molar-refractivity contribution in [1.82, 2.24) is 4.98 Å². The van der Waals surface area contributed by atoms with Gasteiger partial charge in [0.05, 0.1) is 11.9 Å². The zero-order valence-electron chi connectivity index (χ0n) is 16.9. The number of fused-ring (bicyclic) bond motifs is 2. The largest absolute Gasteiger partial charge is 0.326 e. The molecule has 0 bridgehead atoms. The number of aromatic nitrogens is 1. The van der Waals surface area contributed by atoms with Gasteiger partial charge in [0.1, 0.15) is 0 Å². The maximum absolute atomic E-state index is 12.7. The van der Waals surface area contributed by atoms with Crippen LogP contribution in [0.5, 0.6) is 0 Å². The molecule has 0 aliphatic rings. The highest BCUT2D eigenvalue weighted by Crippen LogP contribution is 2.29. The van der Waals surface area contributed by atoms with Gasteiger partial charge in [-0.3, -0.25) is 9.59 Å². The molecule has 4 heteroatoms. The first-order valence-corrected chi connectivity index (χ1v) is 9.75. The lowest BCUT2D eigenvalue weighted by Gasteiger charge is -2.21. The minimum atomic E-state index is -0.147. The van der Waals surface area contributed by atoms with Crippen LogP contribution in [0.25, 0.3) is 21.7 Å². The molecular weight excluding hydrogens is 360 g/mol. The third-order valence-electron chi connectivity index (χ3n) is 5.17. The van der Waals surface area contributed by atoms with E-state index in [1.54, 1.807) is 6.07 Å². The zero-order valence-corrected chi connectivity index (χ0v) is 16.9. The highest BCUT2D eigenvalue weighted by atomic mass is 16.1. The molecule has 0 aliphatic carbocycles. The van der Waals surface area contributed by atoms with E-state index in [4.69, 9.17) is 0 Å². The fraction of sp³-hybridized carbons (Fsp3) is 0.200. The molecule has 1 amide bonds.